The molecule has 11 heavy (non-hydrogen) atoms. The molecule has 0 radical (unpaired) electrons. The molecule has 2 N–H and O–H groups in total. The molecular weight excluding hydrogens is 136 g/mol. The van der Waals surface area contributed by atoms with Gasteiger partial charge in [-0.25, -0.2) is 0 Å². The Morgan fingerprint density at radius 3 is 2.55 bits per heavy atom. The van der Waals surface area contributed by atoms with Crippen molar-refractivity contribution < 1.29 is 0 Å². The average Bonchev–Trinajstić information content (AvgIpc) is 2.07. The van der Waals surface area contributed by atoms with Crippen LogP contribution in [0.2, 0.25) is 0 Å². The van der Waals surface area contributed by atoms with E-state index < -0.39 is 0 Å². The summed E-state index contributed by atoms with van der Waals surface area (Å²) in [6, 6.07) is 9.98. The third-order valence-corrected chi connectivity index (χ3v) is 1.26. The molecule has 1 aromatic carbocycles. The van der Waals surface area contributed by atoms with Crippen LogP contribution >= 0.6 is 0 Å². The Morgan fingerprint density at radius 1 is 1.18 bits per heavy atom. The van der Waals surface area contributed by atoms with Gasteiger partial charge in [-0.3, -0.25) is 0 Å². The van der Waals surface area contributed by atoms with Crippen LogP contribution in [0.3, 0.4) is 0 Å². The zero-order valence-corrected chi connectivity index (χ0v) is 6.14. The highest BCUT2D eigenvalue weighted by atomic mass is 15.1. The van der Waals surface area contributed by atoms with Crippen LogP contribution in [0.1, 0.15) is 5.56 Å². The van der Waals surface area contributed by atoms with Crippen molar-refractivity contribution in [2.45, 2.75) is 0 Å². The maximum absolute atomic E-state index is 4.91. The van der Waals surface area contributed by atoms with Crippen molar-refractivity contribution in [3.05, 3.63) is 42.0 Å². The van der Waals surface area contributed by atoms with Gasteiger partial charge in [0.05, 0.1) is 0 Å². The summed E-state index contributed by atoms with van der Waals surface area (Å²) in [6.07, 6.45) is 5.29. The van der Waals surface area contributed by atoms with Crippen molar-refractivity contribution in [3.8, 4) is 0 Å². The lowest BCUT2D eigenvalue weighted by Crippen LogP contribution is -1.77. The van der Waals surface area contributed by atoms with Crippen LogP contribution in [0.5, 0.6) is 0 Å². The van der Waals surface area contributed by atoms with E-state index >= 15 is 0 Å². The molecule has 0 spiro atoms. The van der Waals surface area contributed by atoms with Gasteiger partial charge in [-0.1, -0.05) is 36.4 Å². The zero-order valence-electron chi connectivity index (χ0n) is 6.14. The van der Waals surface area contributed by atoms with Gasteiger partial charge in [0.2, 0.25) is 0 Å². The van der Waals surface area contributed by atoms with E-state index in [0.717, 1.165) is 5.56 Å². The predicted molar refractivity (Wildman–Crippen MR) is 48.2 cm³/mol. The summed E-state index contributed by atoms with van der Waals surface area (Å²) in [4.78, 5) is 0. The van der Waals surface area contributed by atoms with Crippen LogP contribution in [0.4, 0.5) is 0 Å². The molecule has 0 atom stereocenters. The normalized spacial score (nSPS) is 11.3. The molecule has 0 saturated heterocycles. The second-order valence-corrected chi connectivity index (χ2v) is 2.07. The first-order valence-corrected chi connectivity index (χ1v) is 3.38. The van der Waals surface area contributed by atoms with Gasteiger partial charge in [-0.05, 0) is 11.6 Å². The van der Waals surface area contributed by atoms with Crippen molar-refractivity contribution in [1.29, 1.82) is 0 Å². The monoisotopic (exact) mass is 146 g/mol. The molecular formula is C9H10N2. The summed E-state index contributed by atoms with van der Waals surface area (Å²) >= 11 is 0. The van der Waals surface area contributed by atoms with Gasteiger partial charge >= 0.3 is 0 Å². The van der Waals surface area contributed by atoms with Crippen molar-refractivity contribution in [1.82, 2.24) is 0 Å². The first-order chi connectivity index (χ1) is 5.43. The average molecular weight is 146 g/mol. The highest BCUT2D eigenvalue weighted by Crippen LogP contribution is 1.99. The fraction of sp³-hybridized carbons (Fsp3) is 0. The van der Waals surface area contributed by atoms with E-state index in [1.54, 1.807) is 12.3 Å². The third kappa shape index (κ3) is 2.67. The van der Waals surface area contributed by atoms with E-state index in [4.69, 9.17) is 5.84 Å². The number of rotatable bonds is 2. The lowest BCUT2D eigenvalue weighted by atomic mass is 10.2. The number of hydrogen-bond acceptors (Lipinski definition) is 2. The summed E-state index contributed by atoms with van der Waals surface area (Å²) in [7, 11) is 0. The molecule has 56 valence electrons. The third-order valence-electron chi connectivity index (χ3n) is 1.26. The number of hydrazone groups is 1. The minimum absolute atomic E-state index is 1.15. The van der Waals surface area contributed by atoms with E-state index in [9.17, 15) is 0 Å². The molecule has 1 aromatic rings. The summed E-state index contributed by atoms with van der Waals surface area (Å²) in [6.45, 7) is 0. The van der Waals surface area contributed by atoms with Gasteiger partial charge in [-0.15, -0.1) is 0 Å². The number of nitrogens with two attached hydrogens (primary N) is 1. The maximum Gasteiger partial charge on any atom is 0.0465 e. The van der Waals surface area contributed by atoms with Crippen LogP contribution in [0.25, 0.3) is 6.08 Å². The largest absolute Gasteiger partial charge is 0.323 e. The Balaban J connectivity index is 2.64. The Hall–Kier alpha value is -1.57. The quantitative estimate of drug-likeness (QED) is 0.384. The minimum atomic E-state index is 1.15. The van der Waals surface area contributed by atoms with E-state index in [1.807, 2.05) is 36.4 Å². The summed E-state index contributed by atoms with van der Waals surface area (Å²) in [5.74, 6) is 4.91. The van der Waals surface area contributed by atoms with Crippen molar-refractivity contribution in [2.24, 2.45) is 10.9 Å². The first-order valence-electron chi connectivity index (χ1n) is 3.38. The van der Waals surface area contributed by atoms with Crippen LogP contribution in [-0.4, -0.2) is 6.21 Å². The summed E-state index contributed by atoms with van der Waals surface area (Å²) < 4.78 is 0. The highest BCUT2D eigenvalue weighted by molar-refractivity contribution is 5.77. The van der Waals surface area contributed by atoms with Gasteiger partial charge in [0, 0.05) is 6.21 Å². The van der Waals surface area contributed by atoms with E-state index in [-0.39, 0.29) is 0 Å². The van der Waals surface area contributed by atoms with Gasteiger partial charge < -0.3 is 5.84 Å². The van der Waals surface area contributed by atoms with Crippen molar-refractivity contribution >= 4 is 12.3 Å². The molecule has 0 aromatic heterocycles. The SMILES string of the molecule is N/N=C/C=C/c1ccccc1. The predicted octanol–water partition coefficient (Wildman–Crippen LogP) is 1.64. The molecule has 0 heterocycles. The first kappa shape index (κ1) is 7.54. The zero-order chi connectivity index (χ0) is 7.94. The van der Waals surface area contributed by atoms with Crippen LogP contribution in [0.15, 0.2) is 41.5 Å². The highest BCUT2D eigenvalue weighted by Gasteiger charge is 1.78. The van der Waals surface area contributed by atoms with Crippen molar-refractivity contribution in [2.75, 3.05) is 0 Å². The smallest absolute Gasteiger partial charge is 0.0465 e. The Kier molecular flexibility index (Phi) is 2.93. The standard InChI is InChI=1S/C9H10N2/c10-11-8-4-7-9-5-2-1-3-6-9/h1-8H,10H2/b7-4+,11-8+. The Labute approximate surface area is 66.0 Å². The molecule has 0 bridgehead atoms. The molecule has 0 fully saturated rings. The second kappa shape index (κ2) is 4.28. The Morgan fingerprint density at radius 2 is 1.91 bits per heavy atom. The topological polar surface area (TPSA) is 38.4 Å². The number of benzene rings is 1. The Bertz CT molecular complexity index is 250. The molecule has 2 heteroatoms. The van der Waals surface area contributed by atoms with Crippen LogP contribution < -0.4 is 5.84 Å². The van der Waals surface area contributed by atoms with E-state index in [1.165, 1.54) is 0 Å². The van der Waals surface area contributed by atoms with E-state index in [0.29, 0.717) is 0 Å². The van der Waals surface area contributed by atoms with Gasteiger partial charge in [0.25, 0.3) is 0 Å². The summed E-state index contributed by atoms with van der Waals surface area (Å²) in [5.41, 5.74) is 1.15. The van der Waals surface area contributed by atoms with Crippen molar-refractivity contribution in [3.63, 3.8) is 0 Å². The maximum atomic E-state index is 4.91. The molecule has 0 saturated carbocycles. The molecule has 2 nitrogen and oxygen atoms in total. The summed E-state index contributed by atoms with van der Waals surface area (Å²) in [5, 5.41) is 3.34. The molecule has 0 aliphatic carbocycles. The van der Waals surface area contributed by atoms with Crippen LogP contribution in [0, 0.1) is 0 Å². The molecule has 0 unspecified atom stereocenters. The van der Waals surface area contributed by atoms with Crippen LogP contribution in [-0.2, 0) is 0 Å². The fourth-order valence-corrected chi connectivity index (χ4v) is 0.768. The number of allylic oxidation sites excluding steroid dienone is 1. The molecule has 0 amide bonds. The van der Waals surface area contributed by atoms with Gasteiger partial charge in [-0.2, -0.15) is 5.10 Å². The second-order valence-electron chi connectivity index (χ2n) is 2.07. The number of hydrogen-bond donors (Lipinski definition) is 1. The van der Waals surface area contributed by atoms with E-state index in [2.05, 4.69) is 5.10 Å². The minimum Gasteiger partial charge on any atom is -0.323 e. The lowest BCUT2D eigenvalue weighted by molar-refractivity contribution is 1.27. The lowest BCUT2D eigenvalue weighted by Gasteiger charge is -1.87. The fourth-order valence-electron chi connectivity index (χ4n) is 0.768. The molecule has 0 aliphatic heterocycles. The molecule has 1 rings (SSSR count). The molecule has 0 aliphatic rings. The van der Waals surface area contributed by atoms with Gasteiger partial charge in [0.15, 0.2) is 0 Å². The van der Waals surface area contributed by atoms with Gasteiger partial charge in [0.1, 0.15) is 0 Å². The number of nitrogens with zero attached hydrogens (tertiary/aromatic N) is 1.